The van der Waals surface area contributed by atoms with E-state index in [4.69, 9.17) is 9.47 Å². The number of carbonyl (C=O) groups excluding carboxylic acids is 3. The summed E-state index contributed by atoms with van der Waals surface area (Å²) in [6, 6.07) is 13.5. The lowest BCUT2D eigenvalue weighted by Crippen LogP contribution is -2.38. The normalized spacial score (nSPS) is 16.3. The molecule has 1 N–H and O–H groups in total. The van der Waals surface area contributed by atoms with E-state index in [9.17, 15) is 37.7 Å². The van der Waals surface area contributed by atoms with Crippen LogP contribution in [-0.2, 0) is 20.5 Å². The van der Waals surface area contributed by atoms with Gasteiger partial charge in [0.2, 0.25) is 11.7 Å². The number of nitrogens with one attached hydrogen (secondary N) is 1. The number of benzene rings is 3. The quantitative estimate of drug-likeness (QED) is 0.155. The summed E-state index contributed by atoms with van der Waals surface area (Å²) in [6.45, 7) is 1.92. The highest BCUT2D eigenvalue weighted by molar-refractivity contribution is 9.10. The van der Waals surface area contributed by atoms with Crippen LogP contribution in [0.4, 0.5) is 35.0 Å². The Hall–Kier alpha value is -4.41. The number of amides is 3. The number of nitro groups is 1. The van der Waals surface area contributed by atoms with Gasteiger partial charge in [-0.25, -0.2) is 0 Å². The van der Waals surface area contributed by atoms with Gasteiger partial charge < -0.3 is 19.7 Å². The first-order chi connectivity index (χ1) is 21.4. The zero-order valence-electron chi connectivity index (χ0n) is 23.0. The fraction of sp³-hybridized carbons (Fsp3) is 0.207. The van der Waals surface area contributed by atoms with Gasteiger partial charge in [-0.1, -0.05) is 18.2 Å². The smallest absolute Gasteiger partial charge is 0.416 e. The van der Waals surface area contributed by atoms with Crippen LogP contribution in [0.25, 0.3) is 6.08 Å². The summed E-state index contributed by atoms with van der Waals surface area (Å²) >= 11 is 3.92. The third kappa shape index (κ3) is 7.46. The number of imide groups is 1. The Morgan fingerprint density at radius 3 is 2.49 bits per heavy atom. The van der Waals surface area contributed by atoms with Gasteiger partial charge >= 0.3 is 11.9 Å². The predicted octanol–water partition coefficient (Wildman–Crippen LogP) is 6.68. The van der Waals surface area contributed by atoms with E-state index in [1.807, 2.05) is 12.1 Å². The maximum Gasteiger partial charge on any atom is 0.416 e. The lowest BCUT2D eigenvalue weighted by molar-refractivity contribution is -0.385. The number of anilines is 2. The minimum atomic E-state index is -4.77. The first-order valence-corrected chi connectivity index (χ1v) is 14.8. The molecule has 11 nitrogen and oxygen atoms in total. The zero-order chi connectivity index (χ0) is 32.3. The molecule has 45 heavy (non-hydrogen) atoms. The summed E-state index contributed by atoms with van der Waals surface area (Å²) in [5.41, 5.74) is -0.288. The number of halogens is 4. The molecular formula is C29H22BrF3N4O7S. The standard InChI is InChI=1S/C29H22BrF3N4O7S/c30-19-13-17(5-7-23(19)44-24-8-6-18(29(31,32)33)15-22(24)37(41)42)14-25-27(39)36(28(40)45-25)16-26(38)34-20-3-1-2-4-21(20)35-9-11-43-12-10-35/h1-8,13-15H,9-12,16H2,(H,34,38)/b25-14+. The predicted molar refractivity (Wildman–Crippen MR) is 163 cm³/mol. The third-order valence-corrected chi connectivity index (χ3v) is 8.19. The van der Waals surface area contributed by atoms with Crippen molar-refractivity contribution < 1.29 is 42.0 Å². The number of alkyl halides is 3. The lowest BCUT2D eigenvalue weighted by atomic mass is 10.1. The van der Waals surface area contributed by atoms with Crippen LogP contribution in [0, 0.1) is 10.1 Å². The van der Waals surface area contributed by atoms with E-state index in [1.54, 1.807) is 12.1 Å². The van der Waals surface area contributed by atoms with Crippen molar-refractivity contribution in [3.05, 3.63) is 91.3 Å². The number of nitrogens with zero attached hydrogens (tertiary/aromatic N) is 3. The number of hydrogen-bond acceptors (Lipinski definition) is 9. The Kier molecular flexibility index (Phi) is 9.45. The maximum atomic E-state index is 13.0. The molecule has 2 heterocycles. The SMILES string of the molecule is O=C(CN1C(=O)S/C(=C/c2ccc(Oc3ccc(C(F)(F)F)cc3[N+](=O)[O-])c(Br)c2)C1=O)Nc1ccccc1N1CCOCC1. The van der Waals surface area contributed by atoms with E-state index in [1.165, 1.54) is 24.3 Å². The van der Waals surface area contributed by atoms with Crippen molar-refractivity contribution in [1.82, 2.24) is 4.90 Å². The number of ether oxygens (including phenoxy) is 2. The number of rotatable bonds is 8. The van der Waals surface area contributed by atoms with E-state index in [-0.39, 0.29) is 15.1 Å². The van der Waals surface area contributed by atoms with Gasteiger partial charge in [0.25, 0.3) is 11.1 Å². The first kappa shape index (κ1) is 32.0. The minimum absolute atomic E-state index is 0.0529. The van der Waals surface area contributed by atoms with Gasteiger partial charge in [-0.2, -0.15) is 13.2 Å². The highest BCUT2D eigenvalue weighted by Crippen LogP contribution is 2.40. The Bertz CT molecular complexity index is 1710. The van der Waals surface area contributed by atoms with E-state index in [2.05, 4.69) is 26.1 Å². The highest BCUT2D eigenvalue weighted by atomic mass is 79.9. The number of morpholine rings is 1. The molecule has 3 aromatic rings. The summed E-state index contributed by atoms with van der Waals surface area (Å²) in [5, 5.41) is 13.5. The highest BCUT2D eigenvalue weighted by Gasteiger charge is 2.37. The molecule has 3 amide bonds. The second-order valence-corrected chi connectivity index (χ2v) is 11.5. The summed E-state index contributed by atoms with van der Waals surface area (Å²) in [7, 11) is 0. The van der Waals surface area contributed by atoms with Crippen molar-refractivity contribution in [2.45, 2.75) is 6.18 Å². The molecule has 2 fully saturated rings. The largest absolute Gasteiger partial charge is 0.449 e. The average Bonchev–Trinajstić information content (AvgIpc) is 3.25. The topological polar surface area (TPSA) is 131 Å². The Balaban J connectivity index is 1.27. The molecule has 0 aliphatic carbocycles. The monoisotopic (exact) mass is 706 g/mol. The molecule has 0 saturated carbocycles. The molecule has 2 aliphatic heterocycles. The van der Waals surface area contributed by atoms with Gasteiger partial charge in [0, 0.05) is 19.2 Å². The zero-order valence-corrected chi connectivity index (χ0v) is 25.4. The number of thioether (sulfide) groups is 1. The van der Waals surface area contributed by atoms with Gasteiger partial charge in [-0.3, -0.25) is 29.4 Å². The van der Waals surface area contributed by atoms with Crippen molar-refractivity contribution in [1.29, 1.82) is 0 Å². The summed E-state index contributed by atoms with van der Waals surface area (Å²) in [4.78, 5) is 51.9. The van der Waals surface area contributed by atoms with E-state index in [0.29, 0.717) is 61.4 Å². The van der Waals surface area contributed by atoms with Crippen LogP contribution in [0.5, 0.6) is 11.5 Å². The number of nitro benzene ring substituents is 1. The van der Waals surface area contributed by atoms with Crippen LogP contribution >= 0.6 is 27.7 Å². The van der Waals surface area contributed by atoms with Gasteiger partial charge in [-0.15, -0.1) is 0 Å². The van der Waals surface area contributed by atoms with E-state index in [0.717, 1.165) is 16.7 Å². The van der Waals surface area contributed by atoms with Gasteiger partial charge in [0.05, 0.1) is 44.5 Å². The fourth-order valence-corrected chi connectivity index (χ4v) is 5.83. The molecule has 0 spiro atoms. The van der Waals surface area contributed by atoms with Crippen molar-refractivity contribution in [3.8, 4) is 11.5 Å². The molecule has 0 atom stereocenters. The first-order valence-electron chi connectivity index (χ1n) is 13.2. The van der Waals surface area contributed by atoms with Crippen LogP contribution in [0.15, 0.2) is 70.0 Å². The van der Waals surface area contributed by atoms with Crippen molar-refractivity contribution >= 4 is 67.9 Å². The second kappa shape index (κ2) is 13.3. The van der Waals surface area contributed by atoms with Crippen molar-refractivity contribution in [2.24, 2.45) is 0 Å². The molecule has 16 heteroatoms. The fourth-order valence-electron chi connectivity index (χ4n) is 4.51. The Morgan fingerprint density at radius 1 is 1.09 bits per heavy atom. The molecule has 0 unspecified atom stereocenters. The second-order valence-electron chi connectivity index (χ2n) is 9.66. The molecule has 234 valence electrons. The molecule has 0 radical (unpaired) electrons. The average molecular weight is 707 g/mol. The van der Waals surface area contributed by atoms with Gasteiger partial charge in [-0.05, 0) is 75.7 Å². The summed E-state index contributed by atoms with van der Waals surface area (Å²) < 4.78 is 50.2. The van der Waals surface area contributed by atoms with Crippen LogP contribution in [0.2, 0.25) is 0 Å². The summed E-state index contributed by atoms with van der Waals surface area (Å²) in [5.74, 6) is -1.58. The third-order valence-electron chi connectivity index (χ3n) is 6.66. The molecular weight excluding hydrogens is 685 g/mol. The Morgan fingerprint density at radius 2 is 1.80 bits per heavy atom. The molecule has 0 aromatic heterocycles. The number of hydrogen-bond donors (Lipinski definition) is 1. The molecule has 3 aromatic carbocycles. The molecule has 5 rings (SSSR count). The molecule has 2 aliphatic rings. The van der Waals surface area contributed by atoms with Gasteiger partial charge in [0.1, 0.15) is 12.3 Å². The van der Waals surface area contributed by atoms with Crippen molar-refractivity contribution in [3.63, 3.8) is 0 Å². The van der Waals surface area contributed by atoms with Crippen molar-refractivity contribution in [2.75, 3.05) is 43.1 Å². The van der Waals surface area contributed by atoms with E-state index >= 15 is 0 Å². The van der Waals surface area contributed by atoms with Crippen LogP contribution < -0.4 is 15.0 Å². The van der Waals surface area contributed by atoms with E-state index < -0.39 is 51.7 Å². The maximum absolute atomic E-state index is 13.0. The minimum Gasteiger partial charge on any atom is -0.449 e. The number of para-hydroxylation sites is 2. The number of carbonyl (C=O) groups is 3. The molecule has 0 bridgehead atoms. The van der Waals surface area contributed by atoms with Gasteiger partial charge in [0.15, 0.2) is 0 Å². The lowest BCUT2D eigenvalue weighted by Gasteiger charge is -2.30. The van der Waals surface area contributed by atoms with Crippen LogP contribution in [0.3, 0.4) is 0 Å². The summed E-state index contributed by atoms with van der Waals surface area (Å²) in [6.07, 6.45) is -3.35. The molecule has 2 saturated heterocycles. The van der Waals surface area contributed by atoms with Crippen LogP contribution in [0.1, 0.15) is 11.1 Å². The van der Waals surface area contributed by atoms with Crippen LogP contribution in [-0.4, -0.2) is 59.7 Å². The Labute approximate surface area is 266 Å².